The Bertz CT molecular complexity index is 854. The van der Waals surface area contributed by atoms with Crippen molar-refractivity contribution in [2.24, 2.45) is 0 Å². The Morgan fingerprint density at radius 2 is 1.56 bits per heavy atom. The number of ether oxygens (including phenoxy) is 1. The van der Waals surface area contributed by atoms with Gasteiger partial charge < -0.3 is 15.0 Å². The zero-order valence-electron chi connectivity index (χ0n) is 19.0. The third kappa shape index (κ3) is 5.85. The van der Waals surface area contributed by atoms with Crippen LogP contribution in [0.15, 0.2) is 48.5 Å². The molecule has 4 rings (SSSR count). The highest BCUT2D eigenvalue weighted by molar-refractivity contribution is 6.30. The molecule has 2 aliphatic rings. The number of piperidine rings is 1. The molecule has 0 atom stereocenters. The van der Waals surface area contributed by atoms with E-state index in [1.54, 1.807) is 0 Å². The number of nitrogens with one attached hydrogen (secondary N) is 1. The lowest BCUT2D eigenvalue weighted by Gasteiger charge is -2.36. The van der Waals surface area contributed by atoms with E-state index in [1.807, 2.05) is 48.5 Å². The minimum atomic E-state index is -0.480. The number of anilines is 1. The maximum absolute atomic E-state index is 13.4. The van der Waals surface area contributed by atoms with Crippen LogP contribution in [-0.2, 0) is 10.2 Å². The Kier molecular flexibility index (Phi) is 8.10. The monoisotopic (exact) mass is 454 g/mol. The lowest BCUT2D eigenvalue weighted by molar-refractivity contribution is -0.122. The molecule has 1 saturated carbocycles. The second kappa shape index (κ2) is 11.2. The summed E-state index contributed by atoms with van der Waals surface area (Å²) >= 11 is 6.09. The molecule has 172 valence electrons. The van der Waals surface area contributed by atoms with Gasteiger partial charge in [-0.3, -0.25) is 4.79 Å². The Morgan fingerprint density at radius 3 is 2.25 bits per heavy atom. The average molecular weight is 455 g/mol. The highest BCUT2D eigenvalue weighted by atomic mass is 35.5. The van der Waals surface area contributed by atoms with Gasteiger partial charge in [-0.2, -0.15) is 0 Å². The second-order valence-corrected chi connectivity index (χ2v) is 9.67. The summed E-state index contributed by atoms with van der Waals surface area (Å²) in [5.74, 6) is 0.932. The maximum Gasteiger partial charge on any atom is 0.235 e. The summed E-state index contributed by atoms with van der Waals surface area (Å²) in [6, 6.07) is 15.6. The third-order valence-corrected chi connectivity index (χ3v) is 7.24. The van der Waals surface area contributed by atoms with Gasteiger partial charge in [0.05, 0.1) is 12.0 Å². The first kappa shape index (κ1) is 23.1. The number of benzene rings is 2. The fourth-order valence-electron chi connectivity index (χ4n) is 5.12. The van der Waals surface area contributed by atoms with E-state index in [1.165, 1.54) is 38.8 Å². The molecule has 1 amide bonds. The van der Waals surface area contributed by atoms with Crippen molar-refractivity contribution < 1.29 is 9.53 Å². The van der Waals surface area contributed by atoms with Gasteiger partial charge in [-0.15, -0.1) is 0 Å². The third-order valence-electron chi connectivity index (χ3n) is 6.99. The van der Waals surface area contributed by atoms with Crippen molar-refractivity contribution in [3.8, 4) is 5.75 Å². The van der Waals surface area contributed by atoms with Gasteiger partial charge in [-0.05, 0) is 87.2 Å². The van der Waals surface area contributed by atoms with Gasteiger partial charge in [0.2, 0.25) is 5.91 Å². The Balaban J connectivity index is 1.32. The number of nitrogens with zero attached hydrogens (tertiary/aromatic N) is 1. The highest BCUT2D eigenvalue weighted by Gasteiger charge is 2.41. The van der Waals surface area contributed by atoms with E-state index < -0.39 is 5.41 Å². The minimum absolute atomic E-state index is 0.0784. The molecule has 4 nitrogen and oxygen atoms in total. The molecule has 0 aromatic heterocycles. The number of amides is 1. The minimum Gasteiger partial charge on any atom is -0.494 e. The molecule has 1 aliphatic heterocycles. The number of carbonyl (C=O) groups is 1. The molecule has 0 radical (unpaired) electrons. The van der Waals surface area contributed by atoms with Gasteiger partial charge in [0.15, 0.2) is 0 Å². The maximum atomic E-state index is 13.4. The zero-order chi connectivity index (χ0) is 22.2. The van der Waals surface area contributed by atoms with E-state index in [0.717, 1.165) is 62.3 Å². The molecule has 1 aliphatic carbocycles. The van der Waals surface area contributed by atoms with Crippen molar-refractivity contribution in [2.75, 3.05) is 31.6 Å². The van der Waals surface area contributed by atoms with E-state index in [2.05, 4.69) is 10.2 Å². The Morgan fingerprint density at radius 1 is 0.906 bits per heavy atom. The van der Waals surface area contributed by atoms with Gasteiger partial charge in [-0.1, -0.05) is 49.4 Å². The predicted molar refractivity (Wildman–Crippen MR) is 132 cm³/mol. The first-order valence-electron chi connectivity index (χ1n) is 12.2. The van der Waals surface area contributed by atoms with Crippen molar-refractivity contribution in [3.63, 3.8) is 0 Å². The summed E-state index contributed by atoms with van der Waals surface area (Å²) in [7, 11) is 0. The summed E-state index contributed by atoms with van der Waals surface area (Å²) in [4.78, 5) is 16.0. The molecular formula is C27H35ClN2O2. The van der Waals surface area contributed by atoms with Crippen LogP contribution in [0.3, 0.4) is 0 Å². The van der Waals surface area contributed by atoms with Gasteiger partial charge >= 0.3 is 0 Å². The van der Waals surface area contributed by atoms with E-state index in [0.29, 0.717) is 5.02 Å². The fraction of sp³-hybridized carbons (Fsp3) is 0.519. The Labute approximate surface area is 197 Å². The molecule has 2 aromatic rings. The molecule has 5 heteroatoms. The zero-order valence-corrected chi connectivity index (χ0v) is 19.7. The predicted octanol–water partition coefficient (Wildman–Crippen LogP) is 6.44. The second-order valence-electron chi connectivity index (χ2n) is 9.23. The molecule has 2 aromatic carbocycles. The molecule has 0 unspecified atom stereocenters. The number of halogens is 1. The van der Waals surface area contributed by atoms with Crippen molar-refractivity contribution in [1.29, 1.82) is 0 Å². The summed E-state index contributed by atoms with van der Waals surface area (Å²) < 4.78 is 5.92. The lowest BCUT2D eigenvalue weighted by Crippen LogP contribution is -2.42. The van der Waals surface area contributed by atoms with Crippen LogP contribution < -0.4 is 10.1 Å². The molecule has 0 spiro atoms. The fourth-order valence-corrected chi connectivity index (χ4v) is 5.24. The van der Waals surface area contributed by atoms with Crippen molar-refractivity contribution >= 4 is 23.2 Å². The van der Waals surface area contributed by atoms with Crippen molar-refractivity contribution in [2.45, 2.75) is 63.2 Å². The van der Waals surface area contributed by atoms with Crippen LogP contribution in [0, 0.1) is 0 Å². The van der Waals surface area contributed by atoms with E-state index in [4.69, 9.17) is 16.3 Å². The van der Waals surface area contributed by atoms with Crippen LogP contribution in [0.4, 0.5) is 5.69 Å². The van der Waals surface area contributed by atoms with Crippen molar-refractivity contribution in [1.82, 2.24) is 4.90 Å². The largest absolute Gasteiger partial charge is 0.494 e. The number of carbonyl (C=O) groups excluding carboxylic acids is 1. The van der Waals surface area contributed by atoms with Crippen LogP contribution >= 0.6 is 11.6 Å². The number of likely N-dealkylation sites (tertiary alicyclic amines) is 1. The van der Waals surface area contributed by atoms with Gasteiger partial charge in [0, 0.05) is 17.3 Å². The van der Waals surface area contributed by atoms with Crippen molar-refractivity contribution in [3.05, 3.63) is 59.1 Å². The molecule has 1 heterocycles. The summed E-state index contributed by atoms with van der Waals surface area (Å²) in [5.41, 5.74) is 1.40. The number of hydrogen-bond donors (Lipinski definition) is 1. The smallest absolute Gasteiger partial charge is 0.235 e. The van der Waals surface area contributed by atoms with Crippen LogP contribution in [0.5, 0.6) is 5.75 Å². The standard InChI is InChI=1S/C27H35ClN2O2/c28-23-10-8-22(9-11-23)27(16-3-1-4-17-27)26(31)29-24-12-14-25(15-13-24)32-21-7-20-30-18-5-2-6-19-30/h8-15H,1-7,16-21H2,(H,29,31). The highest BCUT2D eigenvalue weighted by Crippen LogP contribution is 2.41. The van der Waals surface area contributed by atoms with E-state index in [-0.39, 0.29) is 5.91 Å². The topological polar surface area (TPSA) is 41.6 Å². The number of rotatable bonds is 8. The van der Waals surface area contributed by atoms with Crippen LogP contribution in [0.2, 0.25) is 5.02 Å². The number of hydrogen-bond acceptors (Lipinski definition) is 3. The van der Waals surface area contributed by atoms with Gasteiger partial charge in [0.25, 0.3) is 0 Å². The van der Waals surface area contributed by atoms with E-state index in [9.17, 15) is 4.79 Å². The van der Waals surface area contributed by atoms with Gasteiger partial charge in [0.1, 0.15) is 5.75 Å². The molecule has 2 fully saturated rings. The normalized spacial score (nSPS) is 18.8. The van der Waals surface area contributed by atoms with Crippen LogP contribution in [0.25, 0.3) is 0 Å². The Hall–Kier alpha value is -2.04. The summed E-state index contributed by atoms with van der Waals surface area (Å²) in [6.45, 7) is 4.29. The SMILES string of the molecule is O=C(Nc1ccc(OCCCN2CCCCC2)cc1)C1(c2ccc(Cl)cc2)CCCCC1. The quantitative estimate of drug-likeness (QED) is 0.467. The lowest BCUT2D eigenvalue weighted by atomic mass is 9.68. The molecule has 1 saturated heterocycles. The molecule has 1 N–H and O–H groups in total. The average Bonchev–Trinajstić information content (AvgIpc) is 2.84. The van der Waals surface area contributed by atoms with Crippen LogP contribution in [-0.4, -0.2) is 37.0 Å². The van der Waals surface area contributed by atoms with Crippen LogP contribution in [0.1, 0.15) is 63.4 Å². The van der Waals surface area contributed by atoms with E-state index >= 15 is 0 Å². The molecule has 32 heavy (non-hydrogen) atoms. The van der Waals surface area contributed by atoms with Gasteiger partial charge in [-0.25, -0.2) is 0 Å². The molecular weight excluding hydrogens is 420 g/mol. The first-order valence-corrected chi connectivity index (χ1v) is 12.6. The summed E-state index contributed by atoms with van der Waals surface area (Å²) in [5, 5.41) is 3.87. The summed E-state index contributed by atoms with van der Waals surface area (Å²) in [6.07, 6.45) is 10.1. The molecule has 0 bridgehead atoms. The first-order chi connectivity index (χ1) is 15.7.